The van der Waals surface area contributed by atoms with Gasteiger partial charge in [0.25, 0.3) is 0 Å². The Morgan fingerprint density at radius 2 is 2.00 bits per heavy atom. The molecule has 0 atom stereocenters. The van der Waals surface area contributed by atoms with Gasteiger partial charge in [-0.15, -0.1) is 0 Å². The zero-order valence-electron chi connectivity index (χ0n) is 15.5. The summed E-state index contributed by atoms with van der Waals surface area (Å²) in [7, 11) is 1.72. The number of nitrogens with zero attached hydrogens (tertiary/aromatic N) is 3. The Bertz CT molecular complexity index is 846. The predicted octanol–water partition coefficient (Wildman–Crippen LogP) is 2.70. The van der Waals surface area contributed by atoms with Gasteiger partial charge in [-0.3, -0.25) is 14.3 Å². The molecule has 144 valence electrons. The van der Waals surface area contributed by atoms with E-state index in [4.69, 9.17) is 11.6 Å². The van der Waals surface area contributed by atoms with Gasteiger partial charge in [0.2, 0.25) is 11.8 Å². The van der Waals surface area contributed by atoms with E-state index in [1.54, 1.807) is 39.1 Å². The number of carbonyl (C=O) groups is 2. The lowest BCUT2D eigenvalue weighted by Crippen LogP contribution is -2.39. The van der Waals surface area contributed by atoms with Crippen molar-refractivity contribution in [3.05, 3.63) is 58.1 Å². The van der Waals surface area contributed by atoms with Gasteiger partial charge in [-0.25, -0.2) is 4.39 Å². The first-order valence-corrected chi connectivity index (χ1v) is 8.86. The van der Waals surface area contributed by atoms with Crippen LogP contribution in [-0.4, -0.2) is 39.6 Å². The second kappa shape index (κ2) is 9.32. The quantitative estimate of drug-likeness (QED) is 0.737. The third-order valence-corrected chi connectivity index (χ3v) is 4.47. The normalized spacial score (nSPS) is 11.0. The van der Waals surface area contributed by atoms with Crippen LogP contribution in [0, 0.1) is 12.7 Å². The van der Waals surface area contributed by atoms with E-state index in [1.165, 1.54) is 27.8 Å². The summed E-state index contributed by atoms with van der Waals surface area (Å²) >= 11 is 6.14. The minimum Gasteiger partial charge on any atom is -0.350 e. The van der Waals surface area contributed by atoms with Crippen LogP contribution in [0.5, 0.6) is 0 Å². The SMILES string of the molecule is CCN(CC(=O)NCc1ccc(F)cc1)C(=O)/C=C/c1c(C)nn(C)c1Cl. The number of aromatic nitrogens is 2. The summed E-state index contributed by atoms with van der Waals surface area (Å²) in [5.41, 5.74) is 2.16. The Balaban J connectivity index is 1.92. The molecule has 0 fully saturated rings. The van der Waals surface area contributed by atoms with E-state index in [1.807, 2.05) is 0 Å². The smallest absolute Gasteiger partial charge is 0.247 e. The van der Waals surface area contributed by atoms with Gasteiger partial charge in [-0.1, -0.05) is 23.7 Å². The number of amides is 2. The fraction of sp³-hybridized carbons (Fsp3) is 0.316. The lowest BCUT2D eigenvalue weighted by Gasteiger charge is -2.18. The van der Waals surface area contributed by atoms with E-state index in [-0.39, 0.29) is 30.7 Å². The van der Waals surface area contributed by atoms with E-state index < -0.39 is 0 Å². The van der Waals surface area contributed by atoms with E-state index >= 15 is 0 Å². The molecule has 1 N–H and O–H groups in total. The van der Waals surface area contributed by atoms with Crippen molar-refractivity contribution in [2.75, 3.05) is 13.1 Å². The molecular weight excluding hydrogens is 371 g/mol. The number of aryl methyl sites for hydroxylation is 2. The number of hydrogen-bond donors (Lipinski definition) is 1. The molecular formula is C19H22ClFN4O2. The largest absolute Gasteiger partial charge is 0.350 e. The fourth-order valence-corrected chi connectivity index (χ4v) is 2.71. The summed E-state index contributed by atoms with van der Waals surface area (Å²) in [5, 5.41) is 7.34. The Kier molecular flexibility index (Phi) is 7.12. The average Bonchev–Trinajstić information content (AvgIpc) is 2.89. The molecule has 0 spiro atoms. The van der Waals surface area contributed by atoms with Crippen LogP contribution in [0.25, 0.3) is 6.08 Å². The molecule has 0 aliphatic rings. The lowest BCUT2D eigenvalue weighted by atomic mass is 10.2. The molecule has 2 aromatic rings. The first-order chi connectivity index (χ1) is 12.8. The summed E-state index contributed by atoms with van der Waals surface area (Å²) in [6.45, 7) is 4.18. The maximum absolute atomic E-state index is 12.9. The number of nitrogens with one attached hydrogen (secondary N) is 1. The lowest BCUT2D eigenvalue weighted by molar-refractivity contribution is -0.132. The van der Waals surface area contributed by atoms with Gasteiger partial charge >= 0.3 is 0 Å². The third-order valence-electron chi connectivity index (χ3n) is 4.02. The maximum Gasteiger partial charge on any atom is 0.247 e. The van der Waals surface area contributed by atoms with Crippen LogP contribution in [0.2, 0.25) is 5.15 Å². The van der Waals surface area contributed by atoms with E-state index in [9.17, 15) is 14.0 Å². The second-order valence-corrected chi connectivity index (χ2v) is 6.36. The van der Waals surface area contributed by atoms with Crippen LogP contribution in [0.15, 0.2) is 30.3 Å². The molecule has 0 saturated carbocycles. The molecule has 6 nitrogen and oxygen atoms in total. The number of rotatable bonds is 7. The Morgan fingerprint density at radius 3 is 2.56 bits per heavy atom. The molecule has 1 heterocycles. The first-order valence-electron chi connectivity index (χ1n) is 8.49. The van der Waals surface area contributed by atoms with Crippen molar-refractivity contribution >= 4 is 29.5 Å². The van der Waals surface area contributed by atoms with Crippen molar-refractivity contribution in [1.82, 2.24) is 20.0 Å². The van der Waals surface area contributed by atoms with Crippen molar-refractivity contribution < 1.29 is 14.0 Å². The van der Waals surface area contributed by atoms with Crippen LogP contribution in [0.4, 0.5) is 4.39 Å². The molecule has 0 saturated heterocycles. The van der Waals surface area contributed by atoms with Crippen molar-refractivity contribution in [3.8, 4) is 0 Å². The van der Waals surface area contributed by atoms with Gasteiger partial charge < -0.3 is 10.2 Å². The molecule has 8 heteroatoms. The summed E-state index contributed by atoms with van der Waals surface area (Å²) in [5.74, 6) is -0.921. The van der Waals surface area contributed by atoms with Gasteiger partial charge in [-0.2, -0.15) is 5.10 Å². The molecule has 0 aliphatic heterocycles. The van der Waals surface area contributed by atoms with Crippen LogP contribution in [-0.2, 0) is 23.2 Å². The minimum atomic E-state index is -0.330. The molecule has 0 unspecified atom stereocenters. The third kappa shape index (κ3) is 5.65. The number of halogens is 2. The minimum absolute atomic E-state index is 0.0688. The molecule has 0 radical (unpaired) electrons. The molecule has 1 aromatic carbocycles. The number of carbonyl (C=O) groups excluding carboxylic acids is 2. The van der Waals surface area contributed by atoms with E-state index in [0.29, 0.717) is 23.0 Å². The van der Waals surface area contributed by atoms with Crippen molar-refractivity contribution in [2.45, 2.75) is 20.4 Å². The summed E-state index contributed by atoms with van der Waals surface area (Å²) in [4.78, 5) is 25.9. The molecule has 1 aromatic heterocycles. The highest BCUT2D eigenvalue weighted by Gasteiger charge is 2.14. The number of likely N-dealkylation sites (N-methyl/N-ethyl adjacent to an activating group) is 1. The Morgan fingerprint density at radius 1 is 1.33 bits per heavy atom. The van der Waals surface area contributed by atoms with Crippen LogP contribution < -0.4 is 5.32 Å². The highest BCUT2D eigenvalue weighted by atomic mass is 35.5. The average molecular weight is 393 g/mol. The summed E-state index contributed by atoms with van der Waals surface area (Å²) < 4.78 is 14.4. The monoisotopic (exact) mass is 392 g/mol. The first kappa shape index (κ1) is 20.6. The predicted molar refractivity (Wildman–Crippen MR) is 102 cm³/mol. The topological polar surface area (TPSA) is 67.2 Å². The van der Waals surface area contributed by atoms with E-state index in [0.717, 1.165) is 5.56 Å². The highest BCUT2D eigenvalue weighted by Crippen LogP contribution is 2.20. The van der Waals surface area contributed by atoms with Gasteiger partial charge in [0.05, 0.1) is 12.2 Å². The number of benzene rings is 1. The van der Waals surface area contributed by atoms with Gasteiger partial charge in [0.15, 0.2) is 0 Å². The molecule has 0 bridgehead atoms. The van der Waals surface area contributed by atoms with Gasteiger partial charge in [0, 0.05) is 31.8 Å². The zero-order valence-corrected chi connectivity index (χ0v) is 16.3. The highest BCUT2D eigenvalue weighted by molar-refractivity contribution is 6.31. The second-order valence-electron chi connectivity index (χ2n) is 6.00. The molecule has 2 amide bonds. The molecule has 0 aliphatic carbocycles. The summed E-state index contributed by atoms with van der Waals surface area (Å²) in [6, 6.07) is 5.86. The van der Waals surface area contributed by atoms with Gasteiger partial charge in [0.1, 0.15) is 11.0 Å². The standard InChI is InChI=1S/C19H22ClFN4O2/c1-4-25(12-17(26)22-11-14-5-7-15(21)8-6-14)18(27)10-9-16-13(2)23-24(3)19(16)20/h5-10H,4,11-12H2,1-3H3,(H,22,26)/b10-9+. The van der Waals surface area contributed by atoms with E-state index in [2.05, 4.69) is 10.4 Å². The zero-order chi connectivity index (χ0) is 20.0. The fourth-order valence-electron chi connectivity index (χ4n) is 2.47. The summed E-state index contributed by atoms with van der Waals surface area (Å²) in [6.07, 6.45) is 2.98. The van der Waals surface area contributed by atoms with Crippen LogP contribution >= 0.6 is 11.6 Å². The Hall–Kier alpha value is -2.67. The van der Waals surface area contributed by atoms with Crippen molar-refractivity contribution in [2.24, 2.45) is 7.05 Å². The maximum atomic E-state index is 12.9. The Labute approximate surface area is 162 Å². The van der Waals surface area contributed by atoms with Crippen LogP contribution in [0.3, 0.4) is 0 Å². The van der Waals surface area contributed by atoms with Gasteiger partial charge in [-0.05, 0) is 37.6 Å². The van der Waals surface area contributed by atoms with Crippen LogP contribution in [0.1, 0.15) is 23.7 Å². The molecule has 2 rings (SSSR count). The number of hydrogen-bond acceptors (Lipinski definition) is 3. The van der Waals surface area contributed by atoms with Crippen molar-refractivity contribution in [1.29, 1.82) is 0 Å². The molecule has 27 heavy (non-hydrogen) atoms. The van der Waals surface area contributed by atoms with Crippen molar-refractivity contribution in [3.63, 3.8) is 0 Å².